The minimum atomic E-state index is 0.0788. The van der Waals surface area contributed by atoms with Crippen LogP contribution in [0.15, 0.2) is 24.3 Å². The Bertz CT molecular complexity index is 421. The molecule has 0 aliphatic rings. The van der Waals surface area contributed by atoms with Crippen LogP contribution in [-0.2, 0) is 6.42 Å². The highest BCUT2D eigenvalue weighted by Crippen LogP contribution is 2.11. The Morgan fingerprint density at radius 3 is 2.39 bits per heavy atom. The van der Waals surface area contributed by atoms with Crippen LogP contribution in [0.2, 0.25) is 0 Å². The van der Waals surface area contributed by atoms with Gasteiger partial charge in [0.2, 0.25) is 0 Å². The molecule has 18 heavy (non-hydrogen) atoms. The Labute approximate surface area is 107 Å². The standard InChI is InChI=1S/C12H19N5O/c1-18-10-6-4-9(5-7-10)3-2-8-16-12(15)17-11(13)14/h4-7H,2-3,8H2,1H3,(H6,13,14,15,16,17)/p+2. The second-order valence-corrected chi connectivity index (χ2v) is 3.87. The van der Waals surface area contributed by atoms with Gasteiger partial charge in [0.1, 0.15) is 12.3 Å². The quantitative estimate of drug-likeness (QED) is 0.211. The van der Waals surface area contributed by atoms with Gasteiger partial charge in [-0.3, -0.25) is 0 Å². The van der Waals surface area contributed by atoms with E-state index in [2.05, 4.69) is 22.1 Å². The third kappa shape index (κ3) is 5.20. The Hall–Kier alpha value is -2.24. The van der Waals surface area contributed by atoms with E-state index in [1.807, 2.05) is 12.1 Å². The number of benzene rings is 1. The largest absolute Gasteiger partial charge is 0.517 e. The first-order valence-electron chi connectivity index (χ1n) is 5.76. The molecule has 0 saturated heterocycles. The second kappa shape index (κ2) is 7.16. The van der Waals surface area contributed by atoms with Crippen molar-refractivity contribution in [1.29, 1.82) is 0 Å². The van der Waals surface area contributed by atoms with Crippen molar-refractivity contribution in [2.24, 2.45) is 17.2 Å². The predicted octanol–water partition coefficient (Wildman–Crippen LogP) is -3.62. The van der Waals surface area contributed by atoms with Crippen molar-refractivity contribution in [2.75, 3.05) is 13.7 Å². The number of nitrogens with two attached hydrogens (primary N) is 3. The third-order valence-electron chi connectivity index (χ3n) is 2.40. The van der Waals surface area contributed by atoms with Gasteiger partial charge in [0.15, 0.2) is 0 Å². The molecule has 1 aromatic rings. The van der Waals surface area contributed by atoms with E-state index < -0.39 is 0 Å². The van der Waals surface area contributed by atoms with Crippen LogP contribution in [0.3, 0.4) is 0 Å². The van der Waals surface area contributed by atoms with Crippen LogP contribution in [0.5, 0.6) is 5.75 Å². The van der Waals surface area contributed by atoms with E-state index in [1.54, 1.807) is 7.11 Å². The molecule has 8 N–H and O–H groups in total. The number of aryl methyl sites for hydroxylation is 1. The summed E-state index contributed by atoms with van der Waals surface area (Å²) in [4.78, 5) is 5.58. The summed E-state index contributed by atoms with van der Waals surface area (Å²) in [5, 5.41) is 0. The molecule has 1 aromatic carbocycles. The summed E-state index contributed by atoms with van der Waals surface area (Å²) in [6.07, 6.45) is 1.92. The third-order valence-corrected chi connectivity index (χ3v) is 2.40. The molecule has 0 spiro atoms. The topological polar surface area (TPSA) is 115 Å². The van der Waals surface area contributed by atoms with Gasteiger partial charge in [-0.25, -0.2) is 10.7 Å². The van der Waals surface area contributed by atoms with Crippen LogP contribution < -0.4 is 31.9 Å². The molecule has 6 heteroatoms. The van der Waals surface area contributed by atoms with E-state index in [-0.39, 0.29) is 5.96 Å². The van der Waals surface area contributed by atoms with E-state index in [9.17, 15) is 0 Å². The van der Waals surface area contributed by atoms with Gasteiger partial charge < -0.3 is 16.2 Å². The number of guanidine groups is 2. The maximum atomic E-state index is 5.59. The summed E-state index contributed by atoms with van der Waals surface area (Å²) in [6.45, 7) is 0.748. The first kappa shape index (κ1) is 13.8. The van der Waals surface area contributed by atoms with E-state index in [0.29, 0.717) is 5.96 Å². The fourth-order valence-corrected chi connectivity index (χ4v) is 1.51. The molecule has 0 heterocycles. The Kier molecular flexibility index (Phi) is 5.50. The molecule has 0 saturated carbocycles. The summed E-state index contributed by atoms with van der Waals surface area (Å²) < 4.78 is 5.10. The first-order valence-corrected chi connectivity index (χ1v) is 5.76. The minimum Gasteiger partial charge on any atom is -0.497 e. The zero-order chi connectivity index (χ0) is 13.4. The maximum Gasteiger partial charge on any atom is 0.517 e. The van der Waals surface area contributed by atoms with Crippen molar-refractivity contribution in [2.45, 2.75) is 12.8 Å². The Morgan fingerprint density at radius 2 is 1.83 bits per heavy atom. The maximum absolute atomic E-state index is 5.59. The molecule has 0 atom stereocenters. The average molecular weight is 251 g/mol. The second-order valence-electron chi connectivity index (χ2n) is 3.87. The van der Waals surface area contributed by atoms with E-state index >= 15 is 0 Å². The van der Waals surface area contributed by atoms with Crippen molar-refractivity contribution in [1.82, 2.24) is 0 Å². The summed E-state index contributed by atoms with van der Waals surface area (Å²) >= 11 is 0. The van der Waals surface area contributed by atoms with Gasteiger partial charge in [-0.15, -0.1) is 4.99 Å². The molecule has 0 radical (unpaired) electrons. The zero-order valence-electron chi connectivity index (χ0n) is 10.6. The summed E-state index contributed by atoms with van der Waals surface area (Å²) in [7, 11) is 1.66. The van der Waals surface area contributed by atoms with E-state index in [0.717, 1.165) is 25.1 Å². The molecule has 0 aromatic heterocycles. The van der Waals surface area contributed by atoms with Gasteiger partial charge in [-0.1, -0.05) is 12.1 Å². The van der Waals surface area contributed by atoms with E-state index in [4.69, 9.17) is 21.9 Å². The lowest BCUT2D eigenvalue weighted by Gasteiger charge is -2.01. The molecule has 0 aliphatic carbocycles. The predicted molar refractivity (Wildman–Crippen MR) is 70.7 cm³/mol. The van der Waals surface area contributed by atoms with Gasteiger partial charge in [0.05, 0.1) is 7.11 Å². The van der Waals surface area contributed by atoms with E-state index in [1.165, 1.54) is 5.56 Å². The Morgan fingerprint density at radius 1 is 1.17 bits per heavy atom. The van der Waals surface area contributed by atoms with Crippen molar-refractivity contribution in [3.8, 4) is 5.75 Å². The lowest BCUT2D eigenvalue weighted by Crippen LogP contribution is -2.98. The summed E-state index contributed by atoms with van der Waals surface area (Å²) in [6, 6.07) is 8.01. The minimum absolute atomic E-state index is 0.0788. The van der Waals surface area contributed by atoms with Crippen LogP contribution >= 0.6 is 0 Å². The first-order chi connectivity index (χ1) is 8.61. The molecule has 98 valence electrons. The average Bonchev–Trinajstić information content (AvgIpc) is 2.34. The van der Waals surface area contributed by atoms with Crippen LogP contribution in [0.1, 0.15) is 12.0 Å². The molecule has 1 rings (SSSR count). The molecule has 6 nitrogen and oxygen atoms in total. The smallest absolute Gasteiger partial charge is 0.497 e. The molecule has 0 fully saturated rings. The van der Waals surface area contributed by atoms with Crippen LogP contribution in [0.25, 0.3) is 0 Å². The molecule has 0 bridgehead atoms. The van der Waals surface area contributed by atoms with Gasteiger partial charge >= 0.3 is 5.96 Å². The number of hydrogen-bond donors (Lipinski definition) is 5. The number of hydrogen-bond acceptors (Lipinski definition) is 1. The van der Waals surface area contributed by atoms with Gasteiger partial charge in [0.25, 0.3) is 5.96 Å². The van der Waals surface area contributed by atoms with Crippen LogP contribution in [0.4, 0.5) is 0 Å². The molecule has 0 aliphatic heterocycles. The highest BCUT2D eigenvalue weighted by Gasteiger charge is 2.02. The molecule has 0 unspecified atom stereocenters. The van der Waals surface area contributed by atoms with Crippen molar-refractivity contribution < 1.29 is 14.7 Å². The van der Waals surface area contributed by atoms with Crippen LogP contribution in [-0.4, -0.2) is 25.6 Å². The normalized spacial score (nSPS) is 11.1. The van der Waals surface area contributed by atoms with Gasteiger partial charge in [0, 0.05) is 0 Å². The highest BCUT2D eigenvalue weighted by atomic mass is 16.5. The van der Waals surface area contributed by atoms with Gasteiger partial charge in [-0.2, -0.15) is 0 Å². The molecule has 0 amide bonds. The lowest BCUT2D eigenvalue weighted by atomic mass is 10.1. The van der Waals surface area contributed by atoms with Crippen molar-refractivity contribution in [3.05, 3.63) is 29.8 Å². The Balaban J connectivity index is 2.35. The molecular weight excluding hydrogens is 230 g/mol. The number of nitrogens with one attached hydrogen (secondary N) is 2. The van der Waals surface area contributed by atoms with Gasteiger partial charge in [-0.05, 0) is 30.5 Å². The number of ether oxygens (including phenoxy) is 1. The van der Waals surface area contributed by atoms with Crippen molar-refractivity contribution in [3.63, 3.8) is 0 Å². The van der Waals surface area contributed by atoms with Crippen LogP contribution in [0, 0.1) is 0 Å². The summed E-state index contributed by atoms with van der Waals surface area (Å²) in [5.74, 6) is 1.31. The fraction of sp³-hybridized carbons (Fsp3) is 0.333. The lowest BCUT2D eigenvalue weighted by molar-refractivity contribution is -0.523. The zero-order valence-corrected chi connectivity index (χ0v) is 10.6. The van der Waals surface area contributed by atoms with Crippen molar-refractivity contribution >= 4 is 11.9 Å². The number of methoxy groups -OCH3 is 1. The highest BCUT2D eigenvalue weighted by molar-refractivity contribution is 5.75. The fourth-order valence-electron chi connectivity index (χ4n) is 1.51. The monoisotopic (exact) mass is 251 g/mol. The summed E-state index contributed by atoms with van der Waals surface area (Å²) in [5.41, 5.74) is 17.3. The number of rotatable bonds is 5. The molecular formula is C12H21N5O+2. The SMILES string of the molecule is COc1ccc(CCC[NH+]=C(N)[NH+]=C(N)N)cc1.